The zero-order valence-corrected chi connectivity index (χ0v) is 14.4. The van der Waals surface area contributed by atoms with Crippen molar-refractivity contribution < 1.29 is 28.4 Å². The summed E-state index contributed by atoms with van der Waals surface area (Å²) in [6.45, 7) is 1.84. The second-order valence-corrected chi connectivity index (χ2v) is 6.37. The van der Waals surface area contributed by atoms with E-state index in [9.17, 15) is 13.5 Å². The summed E-state index contributed by atoms with van der Waals surface area (Å²) in [5.41, 5.74) is 6.13. The van der Waals surface area contributed by atoms with E-state index in [0.29, 0.717) is 0 Å². The Morgan fingerprint density at radius 2 is 1.77 bits per heavy atom. The molecule has 2 aromatic carbocycles. The maximum absolute atomic E-state index is 10.5. The van der Waals surface area contributed by atoms with Crippen molar-refractivity contribution in [1.29, 1.82) is 5.41 Å². The molecular weight excluding hydrogens is 364 g/mol. The third-order valence-corrected chi connectivity index (χ3v) is 3.72. The molecule has 0 bridgehead atoms. The van der Waals surface area contributed by atoms with Crippen molar-refractivity contribution >= 4 is 22.3 Å². The SMILES string of the molecule is Cc1ccc(S(=O)(=O)O)cc1.N=C(N)N(O)N=Cc1ccc(O)cc1O. The lowest BCUT2D eigenvalue weighted by Crippen LogP contribution is -2.28. The molecule has 140 valence electrons. The smallest absolute Gasteiger partial charge is 0.294 e. The number of hydrogen-bond acceptors (Lipinski definition) is 7. The van der Waals surface area contributed by atoms with Gasteiger partial charge in [0.2, 0.25) is 5.96 Å². The minimum atomic E-state index is -4.02. The number of guanidine groups is 1. The highest BCUT2D eigenvalue weighted by Crippen LogP contribution is 2.20. The second-order valence-electron chi connectivity index (χ2n) is 4.95. The van der Waals surface area contributed by atoms with Gasteiger partial charge in [-0.2, -0.15) is 13.5 Å². The van der Waals surface area contributed by atoms with Crippen LogP contribution >= 0.6 is 0 Å². The van der Waals surface area contributed by atoms with Crippen molar-refractivity contribution in [2.24, 2.45) is 10.8 Å². The Morgan fingerprint density at radius 1 is 1.19 bits per heavy atom. The molecule has 0 fully saturated rings. The molecule has 0 atom stereocenters. The van der Waals surface area contributed by atoms with Gasteiger partial charge < -0.3 is 15.9 Å². The number of aromatic hydroxyl groups is 2. The van der Waals surface area contributed by atoms with Crippen molar-refractivity contribution in [1.82, 2.24) is 5.17 Å². The molecule has 0 spiro atoms. The first-order chi connectivity index (χ1) is 12.0. The molecule has 0 heterocycles. The molecule has 7 N–H and O–H groups in total. The van der Waals surface area contributed by atoms with E-state index in [1.165, 1.54) is 24.3 Å². The molecule has 10 nitrogen and oxygen atoms in total. The molecule has 0 amide bonds. The van der Waals surface area contributed by atoms with E-state index in [1.54, 1.807) is 12.1 Å². The second kappa shape index (κ2) is 8.80. The lowest BCUT2D eigenvalue weighted by Gasteiger charge is -2.06. The quantitative estimate of drug-likeness (QED) is 0.198. The number of nitrogens with one attached hydrogen (secondary N) is 1. The number of hydrogen-bond donors (Lipinski definition) is 6. The number of hydrazone groups is 1. The van der Waals surface area contributed by atoms with Gasteiger partial charge >= 0.3 is 0 Å². The van der Waals surface area contributed by atoms with Crippen LogP contribution in [0.1, 0.15) is 11.1 Å². The number of rotatable bonds is 3. The first kappa shape index (κ1) is 20.9. The molecule has 0 saturated carbocycles. The molecule has 0 radical (unpaired) electrons. The van der Waals surface area contributed by atoms with Gasteiger partial charge in [0, 0.05) is 11.6 Å². The lowest BCUT2D eigenvalue weighted by atomic mass is 10.2. The minimum Gasteiger partial charge on any atom is -0.508 e. The molecule has 2 rings (SSSR count). The van der Waals surface area contributed by atoms with Gasteiger partial charge in [-0.25, -0.2) is 0 Å². The van der Waals surface area contributed by atoms with E-state index in [2.05, 4.69) is 5.10 Å². The fraction of sp³-hybridized carbons (Fsp3) is 0.0667. The van der Waals surface area contributed by atoms with E-state index in [4.69, 9.17) is 26.0 Å². The first-order valence-corrected chi connectivity index (χ1v) is 8.38. The summed E-state index contributed by atoms with van der Waals surface area (Å²) in [5, 5.41) is 37.5. The summed E-state index contributed by atoms with van der Waals surface area (Å²) in [4.78, 5) is -0.0666. The molecule has 0 aromatic heterocycles. The molecule has 11 heteroatoms. The highest BCUT2D eigenvalue weighted by molar-refractivity contribution is 7.85. The van der Waals surface area contributed by atoms with E-state index < -0.39 is 16.1 Å². The minimum absolute atomic E-state index is 0.0666. The van der Waals surface area contributed by atoms with Gasteiger partial charge in [0.1, 0.15) is 11.5 Å². The summed E-state index contributed by atoms with van der Waals surface area (Å²) in [6.07, 6.45) is 1.09. The van der Waals surface area contributed by atoms with Gasteiger partial charge in [-0.05, 0) is 31.2 Å². The van der Waals surface area contributed by atoms with E-state index >= 15 is 0 Å². The topological polar surface area (TPSA) is 181 Å². The van der Waals surface area contributed by atoms with E-state index in [1.807, 2.05) is 6.92 Å². The van der Waals surface area contributed by atoms with Crippen molar-refractivity contribution in [3.63, 3.8) is 0 Å². The Hall–Kier alpha value is -3.15. The van der Waals surface area contributed by atoms with Crippen LogP contribution in [0.2, 0.25) is 0 Å². The van der Waals surface area contributed by atoms with Gasteiger partial charge in [0.15, 0.2) is 0 Å². The Morgan fingerprint density at radius 3 is 2.23 bits per heavy atom. The molecule has 0 unspecified atom stereocenters. The van der Waals surface area contributed by atoms with Crippen LogP contribution in [-0.4, -0.2) is 45.7 Å². The number of phenols is 2. The summed E-state index contributed by atoms with van der Waals surface area (Å²) in [5.74, 6) is -0.933. The molecule has 26 heavy (non-hydrogen) atoms. The number of phenolic OH excluding ortho intramolecular Hbond substituents is 2. The molecular formula is C15H18N4O6S. The third kappa shape index (κ3) is 6.76. The van der Waals surface area contributed by atoms with Gasteiger partial charge in [-0.3, -0.25) is 15.2 Å². The summed E-state index contributed by atoms with van der Waals surface area (Å²) >= 11 is 0. The van der Waals surface area contributed by atoms with Crippen LogP contribution < -0.4 is 5.73 Å². The number of nitrogens with zero attached hydrogens (tertiary/aromatic N) is 2. The van der Waals surface area contributed by atoms with Gasteiger partial charge in [0.25, 0.3) is 10.1 Å². The number of benzene rings is 2. The fourth-order valence-corrected chi connectivity index (χ4v) is 2.01. The van der Waals surface area contributed by atoms with Crippen LogP contribution in [0, 0.1) is 12.3 Å². The largest absolute Gasteiger partial charge is 0.508 e. The number of aryl methyl sites for hydroxylation is 1. The Labute approximate surface area is 149 Å². The zero-order chi connectivity index (χ0) is 19.9. The zero-order valence-electron chi connectivity index (χ0n) is 13.6. The maximum atomic E-state index is 10.5. The average Bonchev–Trinajstić information content (AvgIpc) is 2.53. The van der Waals surface area contributed by atoms with Crippen molar-refractivity contribution in [3.8, 4) is 11.5 Å². The number of nitrogens with two attached hydrogens (primary N) is 1. The third-order valence-electron chi connectivity index (χ3n) is 2.85. The summed E-state index contributed by atoms with van der Waals surface area (Å²) < 4.78 is 29.6. The van der Waals surface area contributed by atoms with E-state index in [0.717, 1.165) is 17.8 Å². The highest BCUT2D eigenvalue weighted by atomic mass is 32.2. The van der Waals surface area contributed by atoms with Crippen molar-refractivity contribution in [2.75, 3.05) is 0 Å². The monoisotopic (exact) mass is 382 g/mol. The Balaban J connectivity index is 0.000000273. The molecule has 2 aromatic rings. The maximum Gasteiger partial charge on any atom is 0.294 e. The van der Waals surface area contributed by atoms with Crippen LogP contribution in [0.3, 0.4) is 0 Å². The predicted octanol–water partition coefficient (Wildman–Crippen LogP) is 1.26. The van der Waals surface area contributed by atoms with Crippen LogP contribution in [0.4, 0.5) is 0 Å². The fourth-order valence-electron chi connectivity index (χ4n) is 1.53. The van der Waals surface area contributed by atoms with Gasteiger partial charge in [-0.1, -0.05) is 17.7 Å². The van der Waals surface area contributed by atoms with Crippen LogP contribution in [0.15, 0.2) is 52.5 Å². The highest BCUT2D eigenvalue weighted by Gasteiger charge is 2.06. The molecule has 0 saturated heterocycles. The standard InChI is InChI=1S/C8H10N4O3.C7H8O3S/c9-8(10)12(15)11-4-5-1-2-6(13)3-7(5)14;1-6-2-4-7(5-3-6)11(8,9)10/h1-4,13-15H,(H3,9,10);2-5H,1H3,(H,8,9,10). The van der Waals surface area contributed by atoms with Gasteiger partial charge in [0.05, 0.1) is 11.1 Å². The number of hydroxylamine groups is 1. The molecule has 0 aliphatic carbocycles. The lowest BCUT2D eigenvalue weighted by molar-refractivity contribution is -0.0139. The van der Waals surface area contributed by atoms with Crippen LogP contribution in [0.25, 0.3) is 0 Å². The van der Waals surface area contributed by atoms with Gasteiger partial charge in [-0.15, -0.1) is 5.17 Å². The van der Waals surface area contributed by atoms with Crippen molar-refractivity contribution in [3.05, 3.63) is 53.6 Å². The normalized spacial score (nSPS) is 10.9. The average molecular weight is 382 g/mol. The molecule has 0 aliphatic heterocycles. The van der Waals surface area contributed by atoms with E-state index in [-0.39, 0.29) is 27.1 Å². The molecule has 0 aliphatic rings. The van der Waals surface area contributed by atoms with Crippen LogP contribution in [0.5, 0.6) is 11.5 Å². The Kier molecular flexibility index (Phi) is 7.07. The van der Waals surface area contributed by atoms with Crippen LogP contribution in [-0.2, 0) is 10.1 Å². The summed E-state index contributed by atoms with van der Waals surface area (Å²) in [7, 11) is -4.02. The predicted molar refractivity (Wildman–Crippen MR) is 93.9 cm³/mol. The Bertz CT molecular complexity index is 897. The first-order valence-electron chi connectivity index (χ1n) is 6.94. The summed E-state index contributed by atoms with van der Waals surface area (Å²) in [6, 6.07) is 9.84. The van der Waals surface area contributed by atoms with Crippen molar-refractivity contribution in [2.45, 2.75) is 11.8 Å².